The summed E-state index contributed by atoms with van der Waals surface area (Å²) in [5.74, 6) is -0.150. The molecule has 7 nitrogen and oxygen atoms in total. The normalized spacial score (nSPS) is 16.5. The minimum Gasteiger partial charge on any atom is -0.507 e. The lowest BCUT2D eigenvalue weighted by Crippen LogP contribution is -2.38. The van der Waals surface area contributed by atoms with Crippen molar-refractivity contribution in [2.45, 2.75) is 40.3 Å². The highest BCUT2D eigenvalue weighted by molar-refractivity contribution is 6.46. The number of ether oxygens (including phenoxy) is 2. The first-order chi connectivity index (χ1) is 19.4. The van der Waals surface area contributed by atoms with Crippen LogP contribution in [0.1, 0.15) is 49.1 Å². The number of aliphatic hydroxyl groups is 1. The van der Waals surface area contributed by atoms with Crippen LogP contribution in [0.4, 0.5) is 0 Å². The van der Waals surface area contributed by atoms with Crippen LogP contribution in [0.5, 0.6) is 11.5 Å². The molecule has 1 unspecified atom stereocenters. The van der Waals surface area contributed by atoms with Gasteiger partial charge in [0.25, 0.3) is 11.7 Å². The van der Waals surface area contributed by atoms with E-state index in [9.17, 15) is 14.7 Å². The Kier molecular flexibility index (Phi) is 9.61. The average Bonchev–Trinajstić information content (AvgIpc) is 3.22. The maximum atomic E-state index is 13.3. The molecular weight excluding hydrogens is 504 g/mol. The van der Waals surface area contributed by atoms with Gasteiger partial charge in [-0.15, -0.1) is 0 Å². The van der Waals surface area contributed by atoms with Crippen LogP contribution in [0.3, 0.4) is 0 Å². The second-order valence-corrected chi connectivity index (χ2v) is 9.82. The number of carbonyl (C=O) groups excluding carboxylic acids is 2. The molecule has 0 aromatic heterocycles. The average molecular weight is 543 g/mol. The van der Waals surface area contributed by atoms with Gasteiger partial charge in [0, 0.05) is 18.7 Å². The van der Waals surface area contributed by atoms with E-state index in [1.807, 2.05) is 56.3 Å². The number of Topliss-reactive ketones (excluding diaryl/α,β-unsaturated/α-hetero) is 1. The fourth-order valence-electron chi connectivity index (χ4n) is 4.99. The van der Waals surface area contributed by atoms with Crippen molar-refractivity contribution in [3.8, 4) is 11.5 Å². The fraction of sp³-hybridized carbons (Fsp3) is 0.333. The quantitative estimate of drug-likeness (QED) is 0.179. The summed E-state index contributed by atoms with van der Waals surface area (Å²) in [6, 6.07) is 21.7. The monoisotopic (exact) mass is 542 g/mol. The second kappa shape index (κ2) is 13.3. The molecule has 1 aliphatic rings. The molecule has 4 rings (SSSR count). The summed E-state index contributed by atoms with van der Waals surface area (Å²) in [6.07, 6.45) is 0. The van der Waals surface area contributed by atoms with Gasteiger partial charge < -0.3 is 24.4 Å². The molecule has 1 heterocycles. The molecule has 1 saturated heterocycles. The smallest absolute Gasteiger partial charge is 0.295 e. The molecule has 1 atom stereocenters. The number of nitrogens with zero attached hydrogens (tertiary/aromatic N) is 2. The Morgan fingerprint density at radius 2 is 1.55 bits per heavy atom. The second-order valence-electron chi connectivity index (χ2n) is 9.82. The summed E-state index contributed by atoms with van der Waals surface area (Å²) in [6.45, 7) is 11.7. The predicted molar refractivity (Wildman–Crippen MR) is 156 cm³/mol. The summed E-state index contributed by atoms with van der Waals surface area (Å²) >= 11 is 0. The minimum absolute atomic E-state index is 0.0853. The van der Waals surface area contributed by atoms with E-state index in [1.54, 1.807) is 29.2 Å². The molecule has 1 N–H and O–H groups in total. The lowest BCUT2D eigenvalue weighted by Gasteiger charge is -2.28. The van der Waals surface area contributed by atoms with Gasteiger partial charge >= 0.3 is 0 Å². The lowest BCUT2D eigenvalue weighted by molar-refractivity contribution is -0.140. The number of hydrogen-bond acceptors (Lipinski definition) is 6. The molecule has 210 valence electrons. The van der Waals surface area contributed by atoms with Gasteiger partial charge in [0.05, 0.1) is 18.2 Å². The molecule has 1 aliphatic heterocycles. The SMILES string of the molecule is CCOc1ccc(C2/C(=C(\O)c3ccc(OCc4cccc(C)c4)cc3)C(=O)C(=O)N2CCN(CC)CC)cc1. The molecule has 0 aliphatic carbocycles. The zero-order valence-corrected chi connectivity index (χ0v) is 23.7. The van der Waals surface area contributed by atoms with Gasteiger partial charge in [0.1, 0.15) is 23.9 Å². The van der Waals surface area contributed by atoms with E-state index in [0.29, 0.717) is 43.4 Å². The van der Waals surface area contributed by atoms with Crippen molar-refractivity contribution in [3.05, 3.63) is 101 Å². The van der Waals surface area contributed by atoms with Crippen LogP contribution in [0.15, 0.2) is 78.4 Å². The molecule has 40 heavy (non-hydrogen) atoms. The number of benzene rings is 3. The number of likely N-dealkylation sites (tertiary alicyclic amines) is 1. The molecule has 1 fully saturated rings. The maximum Gasteiger partial charge on any atom is 0.295 e. The van der Waals surface area contributed by atoms with E-state index in [0.717, 1.165) is 29.8 Å². The van der Waals surface area contributed by atoms with Crippen molar-refractivity contribution in [1.29, 1.82) is 0 Å². The van der Waals surface area contributed by atoms with E-state index >= 15 is 0 Å². The summed E-state index contributed by atoms with van der Waals surface area (Å²) in [5.41, 5.74) is 3.49. The van der Waals surface area contributed by atoms with Crippen LogP contribution in [-0.2, 0) is 16.2 Å². The molecular formula is C33H38N2O5. The Bertz CT molecular complexity index is 1340. The highest BCUT2D eigenvalue weighted by atomic mass is 16.5. The van der Waals surface area contributed by atoms with E-state index in [1.165, 1.54) is 0 Å². The number of ketones is 1. The van der Waals surface area contributed by atoms with Gasteiger partial charge in [-0.2, -0.15) is 0 Å². The molecule has 7 heteroatoms. The molecule has 0 bridgehead atoms. The minimum atomic E-state index is -0.705. The van der Waals surface area contributed by atoms with Crippen LogP contribution in [0.2, 0.25) is 0 Å². The summed E-state index contributed by atoms with van der Waals surface area (Å²) in [4.78, 5) is 30.4. The number of amides is 1. The molecule has 1 amide bonds. The van der Waals surface area contributed by atoms with E-state index in [4.69, 9.17) is 9.47 Å². The first-order valence-electron chi connectivity index (χ1n) is 13.9. The zero-order valence-electron chi connectivity index (χ0n) is 23.7. The van der Waals surface area contributed by atoms with E-state index in [-0.39, 0.29) is 11.3 Å². The van der Waals surface area contributed by atoms with Crippen molar-refractivity contribution in [3.63, 3.8) is 0 Å². The van der Waals surface area contributed by atoms with Gasteiger partial charge in [0.15, 0.2) is 0 Å². The standard InChI is InChI=1S/C33H38N2O5/c1-5-34(6-2)19-20-35-30(25-11-15-27(16-12-25)39-7-3)29(32(37)33(35)38)31(36)26-13-17-28(18-14-26)40-22-24-10-8-9-23(4)21-24/h8-18,21,30,36H,5-7,19-20,22H2,1-4H3/b31-29+. The van der Waals surface area contributed by atoms with Gasteiger partial charge in [0.2, 0.25) is 0 Å². The van der Waals surface area contributed by atoms with Crippen LogP contribution < -0.4 is 9.47 Å². The number of aliphatic hydroxyl groups excluding tert-OH is 1. The summed E-state index contributed by atoms with van der Waals surface area (Å²) in [5, 5.41) is 11.4. The first-order valence-corrected chi connectivity index (χ1v) is 13.9. The molecule has 3 aromatic carbocycles. The third-order valence-corrected chi connectivity index (χ3v) is 7.21. The topological polar surface area (TPSA) is 79.3 Å². The maximum absolute atomic E-state index is 13.3. The molecule has 0 spiro atoms. The van der Waals surface area contributed by atoms with E-state index < -0.39 is 17.7 Å². The van der Waals surface area contributed by atoms with Crippen molar-refractivity contribution >= 4 is 17.4 Å². The Morgan fingerprint density at radius 1 is 0.900 bits per heavy atom. The van der Waals surface area contributed by atoms with Gasteiger partial charge in [-0.05, 0) is 74.5 Å². The third-order valence-electron chi connectivity index (χ3n) is 7.21. The van der Waals surface area contributed by atoms with Crippen molar-refractivity contribution in [2.24, 2.45) is 0 Å². The number of aryl methyl sites for hydroxylation is 1. The summed E-state index contributed by atoms with van der Waals surface area (Å²) < 4.78 is 11.5. The highest BCUT2D eigenvalue weighted by Crippen LogP contribution is 2.40. The largest absolute Gasteiger partial charge is 0.507 e. The molecule has 0 saturated carbocycles. The molecule has 0 radical (unpaired) electrons. The first kappa shape index (κ1) is 28.9. The van der Waals surface area contributed by atoms with Crippen LogP contribution in [-0.4, -0.2) is 59.4 Å². The number of carbonyl (C=O) groups is 2. The Labute approximate surface area is 236 Å². The van der Waals surface area contributed by atoms with Gasteiger partial charge in [-0.3, -0.25) is 9.59 Å². The van der Waals surface area contributed by atoms with Crippen molar-refractivity contribution in [1.82, 2.24) is 9.80 Å². The fourth-order valence-corrected chi connectivity index (χ4v) is 4.99. The number of likely N-dealkylation sites (N-methyl/N-ethyl adjacent to an activating group) is 1. The Hall–Kier alpha value is -4.10. The van der Waals surface area contributed by atoms with Gasteiger partial charge in [-0.1, -0.05) is 55.8 Å². The van der Waals surface area contributed by atoms with Crippen LogP contribution >= 0.6 is 0 Å². The predicted octanol–water partition coefficient (Wildman–Crippen LogP) is 5.74. The number of hydrogen-bond donors (Lipinski definition) is 1. The number of rotatable bonds is 12. The van der Waals surface area contributed by atoms with E-state index in [2.05, 4.69) is 24.8 Å². The van der Waals surface area contributed by atoms with Crippen LogP contribution in [0.25, 0.3) is 5.76 Å². The third kappa shape index (κ3) is 6.54. The zero-order chi connectivity index (χ0) is 28.6. The van der Waals surface area contributed by atoms with Crippen LogP contribution in [0, 0.1) is 6.92 Å². The Balaban J connectivity index is 1.64. The lowest BCUT2D eigenvalue weighted by atomic mass is 9.95. The van der Waals surface area contributed by atoms with Gasteiger partial charge in [-0.25, -0.2) is 0 Å². The van der Waals surface area contributed by atoms with Crippen molar-refractivity contribution < 1.29 is 24.2 Å². The highest BCUT2D eigenvalue weighted by Gasteiger charge is 2.46. The Morgan fingerprint density at radius 3 is 2.17 bits per heavy atom. The molecule has 3 aromatic rings. The summed E-state index contributed by atoms with van der Waals surface area (Å²) in [7, 11) is 0. The van der Waals surface area contributed by atoms with Crippen molar-refractivity contribution in [2.75, 3.05) is 32.8 Å².